The predicted molar refractivity (Wildman–Crippen MR) is 52.5 cm³/mol. The van der Waals surface area contributed by atoms with E-state index in [1.165, 1.54) is 0 Å². The van der Waals surface area contributed by atoms with Gasteiger partial charge in [0.2, 0.25) is 0 Å². The second kappa shape index (κ2) is 5.78. The largest absolute Gasteiger partial charge is 0.338 e. The molecule has 0 fully saturated rings. The van der Waals surface area contributed by atoms with E-state index in [1.54, 1.807) is 6.92 Å². The minimum Gasteiger partial charge on any atom is -0.338 e. The van der Waals surface area contributed by atoms with Gasteiger partial charge in [-0.3, -0.25) is 4.79 Å². The Hall–Kier alpha value is 1.20. The summed E-state index contributed by atoms with van der Waals surface area (Å²) in [5.74, 6) is 0. The maximum absolute atomic E-state index is 10.2. The smallest absolute Gasteiger partial charge is 0.290 e. The molecule has 0 aliphatic heterocycles. The maximum Gasteiger partial charge on any atom is 0.290 e. The number of alkyl halides is 2. The van der Waals surface area contributed by atoms with Gasteiger partial charge in [0.25, 0.3) is 8.43 Å². The van der Waals surface area contributed by atoms with Gasteiger partial charge in [-0.1, -0.05) is 23.2 Å². The van der Waals surface area contributed by atoms with Gasteiger partial charge >= 0.3 is 0 Å². The van der Waals surface area contributed by atoms with E-state index < -0.39 is 8.43 Å². The molecule has 0 aromatic heterocycles. The lowest BCUT2D eigenvalue weighted by molar-refractivity contribution is 0.149. The molecule has 0 N–H and O–H groups in total. The third-order valence-electron chi connectivity index (χ3n) is 0.517. The fraction of sp³-hybridized carbons (Fsp3) is 0.750. The highest BCUT2D eigenvalue weighted by Crippen LogP contribution is 2.44. The zero-order valence-corrected chi connectivity index (χ0v) is 9.37. The van der Waals surface area contributed by atoms with Gasteiger partial charge in [0.15, 0.2) is 0 Å². The molecule has 66 valence electrons. The molecule has 2 nitrogen and oxygen atoms in total. The molecule has 0 aliphatic carbocycles. The van der Waals surface area contributed by atoms with Crippen LogP contribution in [-0.4, -0.2) is 15.0 Å². The Morgan fingerprint density at radius 3 is 2.55 bits per heavy atom. The molecular weight excluding hydrogens is 251 g/mol. The highest BCUT2D eigenvalue weighted by atomic mass is 35.5. The minimum absolute atomic E-state index is 0.372. The maximum atomic E-state index is 10.2. The molecule has 0 saturated carbocycles. The molecule has 0 aliphatic rings. The first-order valence-corrected chi connectivity index (χ1v) is 5.83. The van der Waals surface area contributed by atoms with E-state index >= 15 is 0 Å². The molecule has 7 heteroatoms. The molecule has 0 saturated heterocycles. The molecule has 0 bridgehead atoms. The van der Waals surface area contributed by atoms with Gasteiger partial charge in [0, 0.05) is 17.4 Å². The van der Waals surface area contributed by atoms with Crippen molar-refractivity contribution in [1.82, 2.24) is 0 Å². The van der Waals surface area contributed by atoms with E-state index in [0.29, 0.717) is 6.61 Å². The van der Waals surface area contributed by atoms with Crippen LogP contribution in [0.15, 0.2) is 0 Å². The predicted octanol–water partition coefficient (Wildman–Crippen LogP) is 3.85. The lowest BCUT2D eigenvalue weighted by atomic mass is 10.9. The van der Waals surface area contributed by atoms with Crippen molar-refractivity contribution in [3.05, 3.63) is 0 Å². The average molecular weight is 256 g/mol. The topological polar surface area (TPSA) is 26.3 Å². The van der Waals surface area contributed by atoms with Crippen LogP contribution in [0.25, 0.3) is 0 Å². The number of carbonyl (C=O) groups excluding carboxylic acids is 1. The second-order valence-electron chi connectivity index (χ2n) is 1.30. The Morgan fingerprint density at radius 2 is 2.18 bits per heavy atom. The van der Waals surface area contributed by atoms with Crippen LogP contribution in [0.5, 0.6) is 0 Å². The summed E-state index contributed by atoms with van der Waals surface area (Å²) in [7, 11) is 1.59. The SMILES string of the molecule is CCOC(Cl)(Cl)SSC(=O)Cl. The normalized spacial score (nSPS) is 11.6. The average Bonchev–Trinajstić information content (AvgIpc) is 1.84. The van der Waals surface area contributed by atoms with Crippen LogP contribution < -0.4 is 0 Å². The first-order valence-electron chi connectivity index (χ1n) is 2.55. The molecule has 0 aromatic rings. The minimum atomic E-state index is -1.40. The number of halogens is 3. The van der Waals surface area contributed by atoms with Gasteiger partial charge in [-0.15, -0.1) is 0 Å². The Morgan fingerprint density at radius 1 is 1.64 bits per heavy atom. The van der Waals surface area contributed by atoms with Crippen molar-refractivity contribution < 1.29 is 9.53 Å². The van der Waals surface area contributed by atoms with Crippen molar-refractivity contribution in [3.63, 3.8) is 0 Å². The van der Waals surface area contributed by atoms with Gasteiger partial charge in [0.05, 0.1) is 0 Å². The number of hydrogen-bond acceptors (Lipinski definition) is 4. The zero-order chi connectivity index (χ0) is 8.91. The molecule has 0 unspecified atom stereocenters. The van der Waals surface area contributed by atoms with Gasteiger partial charge < -0.3 is 4.74 Å². The Bertz CT molecular complexity index is 141. The van der Waals surface area contributed by atoms with Gasteiger partial charge in [-0.25, -0.2) is 0 Å². The fourth-order valence-corrected chi connectivity index (χ4v) is 2.30. The van der Waals surface area contributed by atoms with Crippen molar-refractivity contribution in [2.75, 3.05) is 6.61 Å². The summed E-state index contributed by atoms with van der Waals surface area (Å²) in [5, 5.41) is 0. The van der Waals surface area contributed by atoms with Crippen molar-refractivity contribution in [3.8, 4) is 0 Å². The summed E-state index contributed by atoms with van der Waals surface area (Å²) in [6.07, 6.45) is 0. The molecule has 11 heavy (non-hydrogen) atoms. The summed E-state index contributed by atoms with van der Waals surface area (Å²) in [6, 6.07) is 0. The molecule has 0 aromatic carbocycles. The van der Waals surface area contributed by atoms with Crippen molar-refractivity contribution in [2.24, 2.45) is 0 Å². The molecule has 0 amide bonds. The van der Waals surface area contributed by atoms with Gasteiger partial charge in [0.1, 0.15) is 0 Å². The van der Waals surface area contributed by atoms with Crippen LogP contribution in [-0.2, 0) is 4.74 Å². The molecule has 0 heterocycles. The first kappa shape index (κ1) is 12.2. The van der Waals surface area contributed by atoms with Crippen LogP contribution in [0.4, 0.5) is 4.79 Å². The van der Waals surface area contributed by atoms with E-state index in [0.717, 1.165) is 21.6 Å². The number of rotatable bonds is 4. The second-order valence-corrected chi connectivity index (χ2v) is 5.85. The van der Waals surface area contributed by atoms with Crippen molar-refractivity contribution in [2.45, 2.75) is 10.8 Å². The summed E-state index contributed by atoms with van der Waals surface area (Å²) in [6.45, 7) is 2.12. The van der Waals surface area contributed by atoms with Crippen LogP contribution in [0.2, 0.25) is 0 Å². The van der Waals surface area contributed by atoms with Crippen molar-refractivity contribution in [1.29, 1.82) is 0 Å². The van der Waals surface area contributed by atoms with Crippen molar-refractivity contribution >= 4 is 61.0 Å². The van der Waals surface area contributed by atoms with Crippen LogP contribution in [0.1, 0.15) is 6.92 Å². The van der Waals surface area contributed by atoms with E-state index in [4.69, 9.17) is 39.5 Å². The molecule has 0 atom stereocenters. The summed E-state index contributed by atoms with van der Waals surface area (Å²) in [5.41, 5.74) is 0. The highest BCUT2D eigenvalue weighted by molar-refractivity contribution is 8.83. The van der Waals surface area contributed by atoms with Crippen LogP contribution in [0.3, 0.4) is 0 Å². The standard InChI is InChI=1S/C4H5Cl3O2S2/c1-2-9-4(6,7)11-10-3(5)8/h2H2,1H3. The third-order valence-corrected chi connectivity index (χ3v) is 4.19. The molecule has 0 rings (SSSR count). The molecular formula is C4H5Cl3O2S2. The van der Waals surface area contributed by atoms with E-state index in [2.05, 4.69) is 0 Å². The number of hydrogen-bond donors (Lipinski definition) is 0. The van der Waals surface area contributed by atoms with Crippen LogP contribution >= 0.6 is 56.4 Å². The molecule has 0 spiro atoms. The van der Waals surface area contributed by atoms with E-state index in [9.17, 15) is 4.79 Å². The highest BCUT2D eigenvalue weighted by Gasteiger charge is 2.26. The summed E-state index contributed by atoms with van der Waals surface area (Å²) < 4.78 is 2.86. The first-order chi connectivity index (χ1) is 4.98. The van der Waals surface area contributed by atoms with E-state index in [-0.39, 0.29) is 0 Å². The lowest BCUT2D eigenvalue weighted by Crippen LogP contribution is -2.10. The van der Waals surface area contributed by atoms with Crippen LogP contribution in [0, 0.1) is 0 Å². The van der Waals surface area contributed by atoms with Gasteiger partial charge in [-0.05, 0) is 29.3 Å². The quantitative estimate of drug-likeness (QED) is 0.330. The fourth-order valence-electron chi connectivity index (χ4n) is 0.273. The summed E-state index contributed by atoms with van der Waals surface area (Å²) in [4.78, 5) is 10.2. The Balaban J connectivity index is 3.63. The van der Waals surface area contributed by atoms with Gasteiger partial charge in [-0.2, -0.15) is 0 Å². The lowest BCUT2D eigenvalue weighted by Gasteiger charge is -2.15. The third kappa shape index (κ3) is 7.56. The number of ether oxygens (including phenoxy) is 1. The monoisotopic (exact) mass is 254 g/mol. The Kier molecular flexibility index (Phi) is 6.41. The summed E-state index contributed by atoms with van der Waals surface area (Å²) >= 11 is 16.1. The molecule has 0 radical (unpaired) electrons. The zero-order valence-electron chi connectivity index (χ0n) is 5.47. The van der Waals surface area contributed by atoms with E-state index in [1.807, 2.05) is 0 Å². The number of carbonyl (C=O) groups is 1. The Labute approximate surface area is 87.7 Å².